The van der Waals surface area contributed by atoms with E-state index in [4.69, 9.17) is 0 Å². The van der Waals surface area contributed by atoms with Crippen molar-refractivity contribution < 1.29 is 4.79 Å². The largest absolute Gasteiger partial charge is 0.307 e. The number of hydrogen-bond acceptors (Lipinski definition) is 4. The summed E-state index contributed by atoms with van der Waals surface area (Å²) < 4.78 is 1.95. The topological polar surface area (TPSA) is 51.0 Å². The molecule has 0 N–H and O–H groups in total. The molecule has 0 saturated heterocycles. The molecule has 0 fully saturated rings. The van der Waals surface area contributed by atoms with Gasteiger partial charge in [-0.2, -0.15) is 0 Å². The number of rotatable bonds is 7. The van der Waals surface area contributed by atoms with Crippen LogP contribution in [0.3, 0.4) is 0 Å². The lowest BCUT2D eigenvalue weighted by Crippen LogP contribution is -2.32. The molecular weight excluding hydrogens is 404 g/mol. The molecular formula is C25H24N4OS. The van der Waals surface area contributed by atoms with Gasteiger partial charge in [0.05, 0.1) is 12.3 Å². The highest BCUT2D eigenvalue weighted by molar-refractivity contribution is 7.99. The van der Waals surface area contributed by atoms with Crippen molar-refractivity contribution in [2.45, 2.75) is 18.6 Å². The van der Waals surface area contributed by atoms with Crippen molar-refractivity contribution >= 4 is 23.4 Å². The maximum absolute atomic E-state index is 13.2. The predicted molar refractivity (Wildman–Crippen MR) is 126 cm³/mol. The van der Waals surface area contributed by atoms with Crippen LogP contribution in [0, 0.1) is 6.92 Å². The highest BCUT2D eigenvalue weighted by atomic mass is 32.2. The van der Waals surface area contributed by atoms with E-state index in [0.717, 1.165) is 33.4 Å². The molecule has 1 heterocycles. The minimum atomic E-state index is 0.0282. The van der Waals surface area contributed by atoms with E-state index in [2.05, 4.69) is 23.2 Å². The van der Waals surface area contributed by atoms with Gasteiger partial charge in [-0.3, -0.25) is 4.79 Å². The molecule has 0 radical (unpaired) electrons. The Morgan fingerprint density at radius 3 is 2.26 bits per heavy atom. The normalized spacial score (nSPS) is 10.8. The molecule has 0 aliphatic heterocycles. The SMILES string of the molecule is Cc1ccccc1-c1nnc(SCC(=O)N(Cc2ccccc2)c2ccccc2)n1C. The predicted octanol–water partition coefficient (Wildman–Crippen LogP) is 5.12. The number of carbonyl (C=O) groups excluding carboxylic acids is 1. The fraction of sp³-hybridized carbons (Fsp3) is 0.160. The fourth-order valence-corrected chi connectivity index (χ4v) is 4.19. The molecule has 0 bridgehead atoms. The second-order valence-corrected chi connectivity index (χ2v) is 8.21. The molecule has 3 aromatic carbocycles. The Hall–Kier alpha value is -3.38. The van der Waals surface area contributed by atoms with Crippen LogP contribution in [-0.2, 0) is 18.4 Å². The fourth-order valence-electron chi connectivity index (χ4n) is 3.40. The first-order chi connectivity index (χ1) is 15.1. The molecule has 5 nitrogen and oxygen atoms in total. The summed E-state index contributed by atoms with van der Waals surface area (Å²) in [6.07, 6.45) is 0. The van der Waals surface area contributed by atoms with Gasteiger partial charge in [0, 0.05) is 18.3 Å². The van der Waals surface area contributed by atoms with Gasteiger partial charge < -0.3 is 9.47 Å². The average molecular weight is 429 g/mol. The highest BCUT2D eigenvalue weighted by Crippen LogP contribution is 2.26. The first-order valence-corrected chi connectivity index (χ1v) is 11.1. The maximum Gasteiger partial charge on any atom is 0.237 e. The van der Waals surface area contributed by atoms with Gasteiger partial charge >= 0.3 is 0 Å². The summed E-state index contributed by atoms with van der Waals surface area (Å²) in [6, 6.07) is 27.9. The molecule has 156 valence electrons. The smallest absolute Gasteiger partial charge is 0.237 e. The van der Waals surface area contributed by atoms with Crippen molar-refractivity contribution in [3.63, 3.8) is 0 Å². The Balaban J connectivity index is 1.51. The van der Waals surface area contributed by atoms with Gasteiger partial charge in [0.2, 0.25) is 5.91 Å². The third-order valence-electron chi connectivity index (χ3n) is 5.10. The van der Waals surface area contributed by atoms with Gasteiger partial charge in [-0.05, 0) is 30.2 Å². The summed E-state index contributed by atoms with van der Waals surface area (Å²) in [4.78, 5) is 15.0. The molecule has 0 saturated carbocycles. The van der Waals surface area contributed by atoms with Crippen molar-refractivity contribution in [2.24, 2.45) is 7.05 Å². The van der Waals surface area contributed by atoms with Crippen molar-refractivity contribution in [1.82, 2.24) is 14.8 Å². The summed E-state index contributed by atoms with van der Waals surface area (Å²) in [6.45, 7) is 2.58. The summed E-state index contributed by atoms with van der Waals surface area (Å²) >= 11 is 1.41. The molecule has 1 aromatic heterocycles. The zero-order valence-electron chi connectivity index (χ0n) is 17.6. The van der Waals surface area contributed by atoms with Crippen LogP contribution >= 0.6 is 11.8 Å². The zero-order valence-corrected chi connectivity index (χ0v) is 18.4. The Labute approximate surface area is 186 Å². The van der Waals surface area contributed by atoms with E-state index in [9.17, 15) is 4.79 Å². The van der Waals surface area contributed by atoms with Gasteiger partial charge in [-0.1, -0.05) is 84.6 Å². The first-order valence-electron chi connectivity index (χ1n) is 10.1. The van der Waals surface area contributed by atoms with Crippen LogP contribution in [0.2, 0.25) is 0 Å². The molecule has 0 unspecified atom stereocenters. The molecule has 4 aromatic rings. The minimum absolute atomic E-state index is 0.0282. The Bertz CT molecular complexity index is 1160. The van der Waals surface area contributed by atoms with E-state index < -0.39 is 0 Å². The number of benzene rings is 3. The van der Waals surface area contributed by atoms with E-state index in [1.807, 2.05) is 95.4 Å². The number of aryl methyl sites for hydroxylation is 1. The second kappa shape index (κ2) is 9.62. The van der Waals surface area contributed by atoms with Crippen LogP contribution in [0.1, 0.15) is 11.1 Å². The Kier molecular flexibility index (Phi) is 6.48. The summed E-state index contributed by atoms with van der Waals surface area (Å²) in [5.41, 5.74) is 4.16. The number of carbonyl (C=O) groups is 1. The molecule has 4 rings (SSSR count). The number of nitrogens with zero attached hydrogens (tertiary/aromatic N) is 4. The first kappa shape index (κ1) is 20.9. The van der Waals surface area contributed by atoms with E-state index >= 15 is 0 Å². The maximum atomic E-state index is 13.2. The number of thioether (sulfide) groups is 1. The second-order valence-electron chi connectivity index (χ2n) is 7.27. The Morgan fingerprint density at radius 2 is 1.55 bits per heavy atom. The molecule has 31 heavy (non-hydrogen) atoms. The molecule has 0 aliphatic rings. The van der Waals surface area contributed by atoms with Gasteiger partial charge in [0.1, 0.15) is 0 Å². The molecule has 0 atom stereocenters. The lowest BCUT2D eigenvalue weighted by atomic mass is 10.1. The summed E-state index contributed by atoms with van der Waals surface area (Å²) in [5, 5.41) is 9.41. The van der Waals surface area contributed by atoms with Gasteiger partial charge in [0.15, 0.2) is 11.0 Å². The molecule has 1 amide bonds. The monoisotopic (exact) mass is 428 g/mol. The third kappa shape index (κ3) is 4.86. The van der Waals surface area contributed by atoms with Crippen molar-refractivity contribution in [3.05, 3.63) is 96.1 Å². The van der Waals surface area contributed by atoms with E-state index in [-0.39, 0.29) is 11.7 Å². The van der Waals surface area contributed by atoms with Crippen LogP contribution in [0.15, 0.2) is 90.1 Å². The van der Waals surface area contributed by atoms with Crippen LogP contribution in [-0.4, -0.2) is 26.4 Å². The standard InChI is InChI=1S/C25H24N4OS/c1-19-11-9-10-16-22(19)24-26-27-25(28(24)2)31-18-23(30)29(21-14-7-4-8-15-21)17-20-12-5-3-6-13-20/h3-16H,17-18H2,1-2H3. The van der Waals surface area contributed by atoms with Crippen molar-refractivity contribution in [3.8, 4) is 11.4 Å². The van der Waals surface area contributed by atoms with Crippen LogP contribution < -0.4 is 4.90 Å². The number of aromatic nitrogens is 3. The number of amides is 1. The lowest BCUT2D eigenvalue weighted by Gasteiger charge is -2.23. The average Bonchev–Trinajstić information content (AvgIpc) is 3.17. The van der Waals surface area contributed by atoms with Crippen LogP contribution in [0.25, 0.3) is 11.4 Å². The van der Waals surface area contributed by atoms with Crippen LogP contribution in [0.4, 0.5) is 5.69 Å². The number of anilines is 1. The van der Waals surface area contributed by atoms with E-state index in [1.54, 1.807) is 0 Å². The third-order valence-corrected chi connectivity index (χ3v) is 6.10. The minimum Gasteiger partial charge on any atom is -0.307 e. The molecule has 0 spiro atoms. The van der Waals surface area contributed by atoms with Crippen molar-refractivity contribution in [1.29, 1.82) is 0 Å². The van der Waals surface area contributed by atoms with Gasteiger partial charge in [-0.25, -0.2) is 0 Å². The summed E-state index contributed by atoms with van der Waals surface area (Å²) in [7, 11) is 1.94. The lowest BCUT2D eigenvalue weighted by molar-refractivity contribution is -0.116. The van der Waals surface area contributed by atoms with E-state index in [0.29, 0.717) is 6.54 Å². The number of hydrogen-bond donors (Lipinski definition) is 0. The van der Waals surface area contributed by atoms with E-state index in [1.165, 1.54) is 11.8 Å². The highest BCUT2D eigenvalue weighted by Gasteiger charge is 2.19. The Morgan fingerprint density at radius 1 is 0.903 bits per heavy atom. The quantitative estimate of drug-likeness (QED) is 0.384. The molecule has 6 heteroatoms. The van der Waals surface area contributed by atoms with Crippen LogP contribution in [0.5, 0.6) is 0 Å². The van der Waals surface area contributed by atoms with Gasteiger partial charge in [-0.15, -0.1) is 10.2 Å². The summed E-state index contributed by atoms with van der Waals surface area (Å²) in [5.74, 6) is 1.11. The zero-order chi connectivity index (χ0) is 21.6. The van der Waals surface area contributed by atoms with Gasteiger partial charge in [0.25, 0.3) is 0 Å². The molecule has 0 aliphatic carbocycles. The van der Waals surface area contributed by atoms with Crippen molar-refractivity contribution in [2.75, 3.05) is 10.7 Å². The number of para-hydroxylation sites is 1.